The second-order valence-corrected chi connectivity index (χ2v) is 3.72. The molecule has 0 fully saturated rings. The fourth-order valence-electron chi connectivity index (χ4n) is 1.54. The predicted molar refractivity (Wildman–Crippen MR) is 70.1 cm³/mol. The second kappa shape index (κ2) is 7.46. The van der Waals surface area contributed by atoms with E-state index in [4.69, 9.17) is 5.11 Å². The van der Waals surface area contributed by atoms with Crippen molar-refractivity contribution in [1.29, 1.82) is 0 Å². The molecule has 4 heteroatoms. The van der Waals surface area contributed by atoms with Gasteiger partial charge in [-0.25, -0.2) is 0 Å². The van der Waals surface area contributed by atoms with Gasteiger partial charge in [0.05, 0.1) is 12.2 Å². The first kappa shape index (κ1) is 14.2. The summed E-state index contributed by atoms with van der Waals surface area (Å²) < 4.78 is 0. The second-order valence-electron chi connectivity index (χ2n) is 3.72. The number of aliphatic hydroxyl groups excluding tert-OH is 1. The number of nitrogens with zero attached hydrogens (tertiary/aromatic N) is 2. The third-order valence-electron chi connectivity index (χ3n) is 2.51. The molecule has 18 heavy (non-hydrogen) atoms. The summed E-state index contributed by atoms with van der Waals surface area (Å²) in [5, 5.41) is 8.64. The van der Waals surface area contributed by atoms with Crippen LogP contribution in [0.2, 0.25) is 0 Å². The smallest absolute Gasteiger partial charge is 0.255 e. The van der Waals surface area contributed by atoms with Crippen LogP contribution in [0.25, 0.3) is 0 Å². The van der Waals surface area contributed by atoms with Gasteiger partial charge in [0.25, 0.3) is 5.91 Å². The van der Waals surface area contributed by atoms with Crippen LogP contribution < -0.4 is 0 Å². The molecule has 1 amide bonds. The van der Waals surface area contributed by atoms with Gasteiger partial charge in [0.1, 0.15) is 0 Å². The summed E-state index contributed by atoms with van der Waals surface area (Å²) in [6.07, 6.45) is 3.59. The summed E-state index contributed by atoms with van der Waals surface area (Å²) in [7, 11) is 0. The lowest BCUT2D eigenvalue weighted by atomic mass is 10.2. The zero-order valence-corrected chi connectivity index (χ0v) is 10.8. The third kappa shape index (κ3) is 3.86. The van der Waals surface area contributed by atoms with Gasteiger partial charge in [-0.1, -0.05) is 11.8 Å². The number of hydrogen-bond acceptors (Lipinski definition) is 3. The van der Waals surface area contributed by atoms with Gasteiger partial charge in [-0.2, -0.15) is 0 Å². The maximum absolute atomic E-state index is 12.1. The van der Waals surface area contributed by atoms with Crippen LogP contribution in [-0.2, 0) is 0 Å². The number of aromatic nitrogens is 1. The minimum absolute atomic E-state index is 0.0293. The van der Waals surface area contributed by atoms with E-state index in [0.717, 1.165) is 0 Å². The maximum atomic E-state index is 12.1. The average Bonchev–Trinajstić information content (AvgIpc) is 2.41. The Morgan fingerprint density at radius 2 is 2.11 bits per heavy atom. The Labute approximate surface area is 108 Å². The van der Waals surface area contributed by atoms with E-state index in [0.29, 0.717) is 30.6 Å². The summed E-state index contributed by atoms with van der Waals surface area (Å²) in [4.78, 5) is 17.8. The lowest BCUT2D eigenvalue weighted by molar-refractivity contribution is 0.0772. The summed E-state index contributed by atoms with van der Waals surface area (Å²) in [5.74, 6) is 5.65. The van der Waals surface area contributed by atoms with Crippen molar-refractivity contribution in [1.82, 2.24) is 9.88 Å². The van der Waals surface area contributed by atoms with E-state index >= 15 is 0 Å². The molecule has 0 aliphatic heterocycles. The van der Waals surface area contributed by atoms with Gasteiger partial charge in [-0.15, -0.1) is 0 Å². The molecule has 0 spiro atoms. The van der Waals surface area contributed by atoms with E-state index < -0.39 is 0 Å². The van der Waals surface area contributed by atoms with Crippen molar-refractivity contribution < 1.29 is 9.90 Å². The molecule has 0 bridgehead atoms. The Balaban J connectivity index is 2.88. The Kier molecular flexibility index (Phi) is 5.89. The van der Waals surface area contributed by atoms with Gasteiger partial charge in [0, 0.05) is 37.5 Å². The molecule has 0 aromatic carbocycles. The van der Waals surface area contributed by atoms with E-state index in [9.17, 15) is 4.79 Å². The molecule has 0 saturated heterocycles. The van der Waals surface area contributed by atoms with Gasteiger partial charge in [-0.05, 0) is 19.9 Å². The van der Waals surface area contributed by atoms with Crippen molar-refractivity contribution in [2.24, 2.45) is 0 Å². The minimum Gasteiger partial charge on any atom is -0.395 e. The molecule has 1 aromatic rings. The van der Waals surface area contributed by atoms with Crippen LogP contribution in [0.1, 0.15) is 36.2 Å². The van der Waals surface area contributed by atoms with Crippen molar-refractivity contribution in [2.45, 2.75) is 20.3 Å². The highest BCUT2D eigenvalue weighted by Gasteiger charge is 2.12. The first-order chi connectivity index (χ1) is 8.72. The molecule has 1 rings (SSSR count). The zero-order valence-electron chi connectivity index (χ0n) is 10.8. The highest BCUT2D eigenvalue weighted by Crippen LogP contribution is 2.06. The van der Waals surface area contributed by atoms with Crippen LogP contribution in [0.4, 0.5) is 0 Å². The van der Waals surface area contributed by atoms with Gasteiger partial charge in [0.15, 0.2) is 0 Å². The van der Waals surface area contributed by atoms with Crippen LogP contribution in [0, 0.1) is 11.8 Å². The van der Waals surface area contributed by atoms with Crippen molar-refractivity contribution in [3.63, 3.8) is 0 Å². The van der Waals surface area contributed by atoms with Crippen LogP contribution in [0.5, 0.6) is 0 Å². The molecule has 0 aliphatic rings. The van der Waals surface area contributed by atoms with Crippen molar-refractivity contribution in [3.8, 4) is 11.8 Å². The summed E-state index contributed by atoms with van der Waals surface area (Å²) in [6, 6.07) is 1.73. The largest absolute Gasteiger partial charge is 0.395 e. The van der Waals surface area contributed by atoms with E-state index in [-0.39, 0.29) is 12.5 Å². The SMILES string of the molecule is CCN(CC)C(=O)c1cncc(C#CCCO)c1. The lowest BCUT2D eigenvalue weighted by Crippen LogP contribution is -2.30. The van der Waals surface area contributed by atoms with Gasteiger partial charge >= 0.3 is 0 Å². The normalized spacial score (nSPS) is 9.50. The number of amides is 1. The molecular formula is C14H18N2O2. The number of pyridine rings is 1. The number of hydrogen-bond donors (Lipinski definition) is 1. The topological polar surface area (TPSA) is 53.4 Å². The Bertz CT molecular complexity index is 456. The molecule has 0 atom stereocenters. The molecule has 0 radical (unpaired) electrons. The molecule has 1 heterocycles. The third-order valence-corrected chi connectivity index (χ3v) is 2.51. The molecule has 4 nitrogen and oxygen atoms in total. The molecular weight excluding hydrogens is 228 g/mol. The molecule has 1 N–H and O–H groups in total. The lowest BCUT2D eigenvalue weighted by Gasteiger charge is -2.18. The first-order valence-corrected chi connectivity index (χ1v) is 6.07. The van der Waals surface area contributed by atoms with Crippen LogP contribution in [0.3, 0.4) is 0 Å². The van der Waals surface area contributed by atoms with Gasteiger partial charge in [0.2, 0.25) is 0 Å². The monoisotopic (exact) mass is 246 g/mol. The van der Waals surface area contributed by atoms with Crippen molar-refractivity contribution in [2.75, 3.05) is 19.7 Å². The highest BCUT2D eigenvalue weighted by molar-refractivity contribution is 5.94. The maximum Gasteiger partial charge on any atom is 0.255 e. The Morgan fingerprint density at radius 3 is 2.72 bits per heavy atom. The summed E-state index contributed by atoms with van der Waals surface area (Å²) in [6.45, 7) is 5.28. The number of rotatable bonds is 4. The summed E-state index contributed by atoms with van der Waals surface area (Å²) in [5.41, 5.74) is 1.25. The van der Waals surface area contributed by atoms with Crippen LogP contribution in [0.15, 0.2) is 18.5 Å². The quantitative estimate of drug-likeness (QED) is 0.815. The molecule has 0 unspecified atom stereocenters. The molecule has 96 valence electrons. The number of aliphatic hydroxyl groups is 1. The Hall–Kier alpha value is -1.86. The Morgan fingerprint density at radius 1 is 1.39 bits per heavy atom. The van der Waals surface area contributed by atoms with E-state index in [2.05, 4.69) is 16.8 Å². The molecule has 1 aromatic heterocycles. The van der Waals surface area contributed by atoms with Crippen LogP contribution in [-0.4, -0.2) is 40.6 Å². The van der Waals surface area contributed by atoms with Crippen molar-refractivity contribution >= 4 is 5.91 Å². The average molecular weight is 246 g/mol. The highest BCUT2D eigenvalue weighted by atomic mass is 16.2. The standard InChI is InChI=1S/C14H18N2O2/c1-3-16(4-2)14(18)13-9-12(10-15-11-13)7-5-6-8-17/h9-11,17H,3-4,6,8H2,1-2H3. The predicted octanol–water partition coefficient (Wildman–Crippen LogP) is 1.30. The first-order valence-electron chi connectivity index (χ1n) is 6.07. The van der Waals surface area contributed by atoms with Crippen molar-refractivity contribution in [3.05, 3.63) is 29.6 Å². The van der Waals surface area contributed by atoms with E-state index in [1.807, 2.05) is 13.8 Å². The fourth-order valence-corrected chi connectivity index (χ4v) is 1.54. The van der Waals surface area contributed by atoms with E-state index in [1.54, 1.807) is 23.4 Å². The number of carbonyl (C=O) groups is 1. The van der Waals surface area contributed by atoms with Gasteiger partial charge < -0.3 is 10.0 Å². The summed E-state index contributed by atoms with van der Waals surface area (Å²) >= 11 is 0. The molecule has 0 aliphatic carbocycles. The van der Waals surface area contributed by atoms with Crippen LogP contribution >= 0.6 is 0 Å². The molecule has 0 saturated carbocycles. The van der Waals surface area contributed by atoms with Gasteiger partial charge in [-0.3, -0.25) is 9.78 Å². The minimum atomic E-state index is -0.0293. The number of carbonyl (C=O) groups excluding carboxylic acids is 1. The fraction of sp³-hybridized carbons (Fsp3) is 0.429. The zero-order chi connectivity index (χ0) is 13.4. The van der Waals surface area contributed by atoms with E-state index in [1.165, 1.54) is 0 Å².